The Labute approximate surface area is 213 Å². The van der Waals surface area contributed by atoms with Gasteiger partial charge in [-0.3, -0.25) is 4.99 Å². The number of carbonyl (C=O) groups is 1. The number of oxazole rings is 1. The van der Waals surface area contributed by atoms with E-state index >= 15 is 0 Å². The van der Waals surface area contributed by atoms with Crippen molar-refractivity contribution in [3.05, 3.63) is 111 Å². The number of benzene rings is 4. The van der Waals surface area contributed by atoms with Crippen LogP contribution in [-0.4, -0.2) is 17.2 Å². The molecule has 5 nitrogen and oxygen atoms in total. The summed E-state index contributed by atoms with van der Waals surface area (Å²) in [5.74, 6) is -0.117. The molecule has 0 N–H and O–H groups in total. The molecule has 0 atom stereocenters. The average Bonchev–Trinajstić information content (AvgIpc) is 3.27. The van der Waals surface area contributed by atoms with Gasteiger partial charge in [0.05, 0.1) is 21.8 Å². The second-order valence-corrected chi connectivity index (χ2v) is 8.84. The third-order valence-corrected chi connectivity index (χ3v) is 5.91. The van der Waals surface area contributed by atoms with Gasteiger partial charge in [0.15, 0.2) is 5.58 Å². The Morgan fingerprint density at radius 3 is 2.51 bits per heavy atom. The molecule has 5 rings (SSSR count). The molecule has 8 heteroatoms. The van der Waals surface area contributed by atoms with Crippen molar-refractivity contribution in [2.45, 2.75) is 0 Å². The molecule has 35 heavy (non-hydrogen) atoms. The number of rotatable bonds is 5. The Morgan fingerprint density at radius 1 is 1.00 bits per heavy atom. The molecule has 1 aromatic heterocycles. The van der Waals surface area contributed by atoms with Crippen molar-refractivity contribution in [1.82, 2.24) is 4.98 Å². The maximum Gasteiger partial charge on any atom is 0.343 e. The predicted molar refractivity (Wildman–Crippen MR) is 137 cm³/mol. The highest BCUT2D eigenvalue weighted by Crippen LogP contribution is 2.31. The van der Waals surface area contributed by atoms with E-state index in [1.165, 1.54) is 18.2 Å². The van der Waals surface area contributed by atoms with Crippen LogP contribution in [0.4, 0.5) is 10.1 Å². The number of nitrogens with zero attached hydrogens (tertiary/aromatic N) is 2. The summed E-state index contributed by atoms with van der Waals surface area (Å²) in [6.45, 7) is 0. The molecule has 5 aromatic rings. The molecule has 0 bridgehead atoms. The standard InChI is InChI=1S/C27H15BrClFN2O3/c28-18-5-3-17(4-6-18)27(33)34-21-9-1-16(2-10-21)15-31-20-8-12-25-24(14-20)32-26(35-25)22-11-7-19(30)13-23(22)29/h1-15H. The predicted octanol–water partition coefficient (Wildman–Crippen LogP) is 8.02. The van der Waals surface area contributed by atoms with Gasteiger partial charge in [-0.25, -0.2) is 14.2 Å². The van der Waals surface area contributed by atoms with Crippen LogP contribution >= 0.6 is 27.5 Å². The molecule has 172 valence electrons. The lowest BCUT2D eigenvalue weighted by atomic mass is 10.2. The molecular formula is C27H15BrClFN2O3. The highest BCUT2D eigenvalue weighted by Gasteiger charge is 2.13. The van der Waals surface area contributed by atoms with Gasteiger partial charge in [-0.05, 0) is 90.5 Å². The van der Waals surface area contributed by atoms with E-state index in [2.05, 4.69) is 25.9 Å². The summed E-state index contributed by atoms with van der Waals surface area (Å²) < 4.78 is 25.4. The molecular weight excluding hydrogens is 535 g/mol. The quantitative estimate of drug-likeness (QED) is 0.126. The van der Waals surface area contributed by atoms with Gasteiger partial charge in [0.1, 0.15) is 17.1 Å². The number of aromatic nitrogens is 1. The highest BCUT2D eigenvalue weighted by molar-refractivity contribution is 9.10. The van der Waals surface area contributed by atoms with E-state index in [0.717, 1.165) is 10.0 Å². The van der Waals surface area contributed by atoms with E-state index in [1.807, 2.05) is 0 Å². The van der Waals surface area contributed by atoms with Gasteiger partial charge in [-0.1, -0.05) is 27.5 Å². The van der Waals surface area contributed by atoms with E-state index in [9.17, 15) is 9.18 Å². The number of ether oxygens (including phenoxy) is 1. The van der Waals surface area contributed by atoms with Gasteiger partial charge >= 0.3 is 5.97 Å². The average molecular weight is 550 g/mol. The minimum Gasteiger partial charge on any atom is -0.436 e. The Balaban J connectivity index is 1.29. The lowest BCUT2D eigenvalue weighted by Gasteiger charge is -2.04. The smallest absolute Gasteiger partial charge is 0.343 e. The van der Waals surface area contributed by atoms with Crippen molar-refractivity contribution in [2.75, 3.05) is 0 Å². The number of fused-ring (bicyclic) bond motifs is 1. The van der Waals surface area contributed by atoms with Crippen molar-refractivity contribution in [3.63, 3.8) is 0 Å². The zero-order valence-corrected chi connectivity index (χ0v) is 20.3. The second kappa shape index (κ2) is 9.82. The molecule has 0 amide bonds. The minimum absolute atomic E-state index is 0.223. The van der Waals surface area contributed by atoms with Gasteiger partial charge in [0.2, 0.25) is 5.89 Å². The monoisotopic (exact) mass is 548 g/mol. The second-order valence-electron chi connectivity index (χ2n) is 7.52. The number of hydrogen-bond acceptors (Lipinski definition) is 5. The van der Waals surface area contributed by atoms with E-state index in [4.69, 9.17) is 20.8 Å². The lowest BCUT2D eigenvalue weighted by Crippen LogP contribution is -2.08. The fourth-order valence-electron chi connectivity index (χ4n) is 3.30. The summed E-state index contributed by atoms with van der Waals surface area (Å²) in [5.41, 5.74) is 3.64. The van der Waals surface area contributed by atoms with Crippen LogP contribution < -0.4 is 4.74 Å². The lowest BCUT2D eigenvalue weighted by molar-refractivity contribution is 0.0734. The van der Waals surface area contributed by atoms with Crippen molar-refractivity contribution in [3.8, 4) is 17.2 Å². The summed E-state index contributed by atoms with van der Waals surface area (Å²) in [4.78, 5) is 21.2. The van der Waals surface area contributed by atoms with Gasteiger partial charge in [-0.15, -0.1) is 0 Å². The third-order valence-electron chi connectivity index (χ3n) is 5.07. The minimum atomic E-state index is -0.430. The Hall–Kier alpha value is -3.81. The van der Waals surface area contributed by atoms with E-state index < -0.39 is 11.8 Å². The summed E-state index contributed by atoms with van der Waals surface area (Å²) in [5, 5.41) is 0.223. The van der Waals surface area contributed by atoms with Crippen LogP contribution in [0, 0.1) is 5.82 Å². The van der Waals surface area contributed by atoms with Gasteiger partial charge < -0.3 is 9.15 Å². The first-order valence-electron chi connectivity index (χ1n) is 10.4. The molecule has 0 spiro atoms. The van der Waals surface area contributed by atoms with E-state index in [1.54, 1.807) is 72.9 Å². The van der Waals surface area contributed by atoms with Crippen LogP contribution in [0.25, 0.3) is 22.6 Å². The largest absolute Gasteiger partial charge is 0.436 e. The SMILES string of the molecule is O=C(Oc1ccc(C=Nc2ccc3oc(-c4ccc(F)cc4Cl)nc3c2)cc1)c1ccc(Br)cc1. The van der Waals surface area contributed by atoms with Crippen molar-refractivity contribution < 1.29 is 18.3 Å². The molecule has 0 aliphatic carbocycles. The first kappa shape index (κ1) is 23.0. The number of aliphatic imine (C=N–C) groups is 1. The van der Waals surface area contributed by atoms with Crippen LogP contribution in [0.3, 0.4) is 0 Å². The normalized spacial score (nSPS) is 11.3. The van der Waals surface area contributed by atoms with Crippen LogP contribution in [0.5, 0.6) is 5.75 Å². The molecule has 0 aliphatic rings. The molecule has 0 radical (unpaired) electrons. The number of carbonyl (C=O) groups excluding carboxylic acids is 1. The topological polar surface area (TPSA) is 64.7 Å². The van der Waals surface area contributed by atoms with E-state index in [-0.39, 0.29) is 5.02 Å². The number of hydrogen-bond donors (Lipinski definition) is 0. The molecule has 0 saturated heterocycles. The fourth-order valence-corrected chi connectivity index (χ4v) is 3.81. The number of esters is 1. The van der Waals surface area contributed by atoms with E-state index in [0.29, 0.717) is 39.6 Å². The van der Waals surface area contributed by atoms with Gasteiger partial charge in [0.25, 0.3) is 0 Å². The molecule has 0 unspecified atom stereocenters. The van der Waals surface area contributed by atoms with Gasteiger partial charge in [0, 0.05) is 10.7 Å². The van der Waals surface area contributed by atoms with Crippen molar-refractivity contribution in [2.24, 2.45) is 4.99 Å². The van der Waals surface area contributed by atoms with Crippen LogP contribution in [0.15, 0.2) is 98.8 Å². The zero-order valence-electron chi connectivity index (χ0n) is 17.9. The molecule has 0 saturated carbocycles. The number of halogens is 3. The van der Waals surface area contributed by atoms with Gasteiger partial charge in [-0.2, -0.15) is 0 Å². The highest BCUT2D eigenvalue weighted by atomic mass is 79.9. The summed E-state index contributed by atoms with van der Waals surface area (Å²) >= 11 is 9.46. The zero-order chi connectivity index (χ0) is 24.4. The summed E-state index contributed by atoms with van der Waals surface area (Å²) in [7, 11) is 0. The first-order valence-corrected chi connectivity index (χ1v) is 11.6. The molecule has 1 heterocycles. The molecule has 0 fully saturated rings. The third kappa shape index (κ3) is 5.31. The first-order chi connectivity index (χ1) is 16.9. The van der Waals surface area contributed by atoms with Crippen LogP contribution in [0.2, 0.25) is 5.02 Å². The maximum atomic E-state index is 13.3. The maximum absolute atomic E-state index is 13.3. The molecule has 0 aliphatic heterocycles. The van der Waals surface area contributed by atoms with Crippen LogP contribution in [-0.2, 0) is 0 Å². The Morgan fingerprint density at radius 2 is 1.77 bits per heavy atom. The Kier molecular flexibility index (Phi) is 6.44. The van der Waals surface area contributed by atoms with Crippen molar-refractivity contribution >= 4 is 56.5 Å². The summed E-state index contributed by atoms with van der Waals surface area (Å²) in [6, 6.07) is 23.4. The summed E-state index contributed by atoms with van der Waals surface area (Å²) in [6.07, 6.45) is 1.69. The van der Waals surface area contributed by atoms with Crippen molar-refractivity contribution in [1.29, 1.82) is 0 Å². The van der Waals surface area contributed by atoms with Crippen LogP contribution in [0.1, 0.15) is 15.9 Å². The Bertz CT molecular complexity index is 1560. The fraction of sp³-hybridized carbons (Fsp3) is 0. The molecule has 4 aromatic carbocycles.